The lowest BCUT2D eigenvalue weighted by atomic mass is 10.1. The van der Waals surface area contributed by atoms with E-state index in [1.165, 1.54) is 4.90 Å². The fraction of sp³-hybridized carbons (Fsp3) is 0.417. The fourth-order valence-corrected chi connectivity index (χ4v) is 4.57. The van der Waals surface area contributed by atoms with Crippen molar-refractivity contribution in [3.05, 3.63) is 63.6 Å². The Hall–Kier alpha value is -2.29. The Morgan fingerprint density at radius 2 is 1.74 bits per heavy atom. The van der Waals surface area contributed by atoms with Crippen molar-refractivity contribution in [3.63, 3.8) is 0 Å². The first-order chi connectivity index (χ1) is 15.8. The van der Waals surface area contributed by atoms with E-state index in [1.54, 1.807) is 43.3 Å². The van der Waals surface area contributed by atoms with E-state index in [2.05, 4.69) is 5.32 Å². The zero-order valence-electron chi connectivity index (χ0n) is 20.0. The minimum absolute atomic E-state index is 0.0104. The number of anilines is 1. The molecule has 34 heavy (non-hydrogen) atoms. The molecule has 0 unspecified atom stereocenters. The molecule has 0 aliphatic heterocycles. The molecule has 0 bridgehead atoms. The number of sulfonamides is 1. The van der Waals surface area contributed by atoms with E-state index in [0.29, 0.717) is 27.8 Å². The first kappa shape index (κ1) is 28.0. The summed E-state index contributed by atoms with van der Waals surface area (Å²) in [7, 11) is -3.78. The molecule has 2 rings (SSSR count). The van der Waals surface area contributed by atoms with Crippen LogP contribution in [-0.4, -0.2) is 50.5 Å². The van der Waals surface area contributed by atoms with Crippen molar-refractivity contribution in [3.8, 4) is 0 Å². The molecule has 0 heterocycles. The molecule has 1 atom stereocenters. The first-order valence-corrected chi connectivity index (χ1v) is 13.5. The minimum atomic E-state index is -3.78. The summed E-state index contributed by atoms with van der Waals surface area (Å²) in [5.41, 5.74) is 1.81. The van der Waals surface area contributed by atoms with Crippen LogP contribution in [0.4, 0.5) is 5.69 Å². The number of carbonyl (C=O) groups excluding carboxylic acids is 2. The average molecular weight is 529 g/mol. The Labute approximate surface area is 212 Å². The van der Waals surface area contributed by atoms with E-state index in [9.17, 15) is 18.0 Å². The van der Waals surface area contributed by atoms with Gasteiger partial charge in [-0.2, -0.15) is 0 Å². The number of hydrogen-bond acceptors (Lipinski definition) is 4. The van der Waals surface area contributed by atoms with Gasteiger partial charge in [0.2, 0.25) is 21.8 Å². The number of aryl methyl sites for hydroxylation is 1. The summed E-state index contributed by atoms with van der Waals surface area (Å²) in [4.78, 5) is 27.7. The van der Waals surface area contributed by atoms with E-state index < -0.39 is 28.5 Å². The SMILES string of the molecule is Cc1cccc(N(CC(=O)N(Cc2ccc(Cl)cc2Cl)[C@H](C)C(=O)NCC(C)C)S(C)(=O)=O)c1. The summed E-state index contributed by atoms with van der Waals surface area (Å²) >= 11 is 12.3. The van der Waals surface area contributed by atoms with Crippen LogP contribution < -0.4 is 9.62 Å². The summed E-state index contributed by atoms with van der Waals surface area (Å²) in [6, 6.07) is 10.9. The fourth-order valence-electron chi connectivity index (χ4n) is 3.27. The van der Waals surface area contributed by atoms with Gasteiger partial charge in [-0.3, -0.25) is 13.9 Å². The van der Waals surface area contributed by atoms with E-state index in [4.69, 9.17) is 23.2 Å². The smallest absolute Gasteiger partial charge is 0.244 e. The lowest BCUT2D eigenvalue weighted by Gasteiger charge is -2.32. The minimum Gasteiger partial charge on any atom is -0.354 e. The van der Waals surface area contributed by atoms with Crippen molar-refractivity contribution in [2.75, 3.05) is 23.7 Å². The molecule has 0 fully saturated rings. The molecule has 186 valence electrons. The van der Waals surface area contributed by atoms with Crippen molar-refractivity contribution in [2.45, 2.75) is 40.3 Å². The van der Waals surface area contributed by atoms with Crippen LogP contribution in [0, 0.1) is 12.8 Å². The first-order valence-electron chi connectivity index (χ1n) is 10.8. The highest BCUT2D eigenvalue weighted by Gasteiger charge is 2.30. The molecule has 2 amide bonds. The molecule has 0 saturated heterocycles. The van der Waals surface area contributed by atoms with Crippen LogP contribution >= 0.6 is 23.2 Å². The Morgan fingerprint density at radius 1 is 1.06 bits per heavy atom. The summed E-state index contributed by atoms with van der Waals surface area (Å²) < 4.78 is 26.2. The van der Waals surface area contributed by atoms with Crippen molar-refractivity contribution in [1.29, 1.82) is 0 Å². The highest BCUT2D eigenvalue weighted by Crippen LogP contribution is 2.24. The second-order valence-electron chi connectivity index (χ2n) is 8.68. The van der Waals surface area contributed by atoms with Crippen LogP contribution in [-0.2, 0) is 26.2 Å². The number of nitrogens with zero attached hydrogens (tertiary/aromatic N) is 2. The summed E-state index contributed by atoms with van der Waals surface area (Å²) in [6.07, 6.45) is 1.04. The Kier molecular flexibility index (Phi) is 9.79. The molecule has 10 heteroatoms. The molecular formula is C24H31Cl2N3O4S. The Balaban J connectivity index is 2.40. The summed E-state index contributed by atoms with van der Waals surface area (Å²) in [5.74, 6) is -0.646. The van der Waals surface area contributed by atoms with Gasteiger partial charge < -0.3 is 10.2 Å². The van der Waals surface area contributed by atoms with Crippen LogP contribution in [0.25, 0.3) is 0 Å². The molecule has 1 N–H and O–H groups in total. The molecule has 0 aliphatic carbocycles. The third-order valence-electron chi connectivity index (χ3n) is 5.18. The standard InChI is InChI=1S/C24H31Cl2N3O4S/c1-16(2)13-27-24(31)18(4)28(14-19-9-10-20(25)12-22(19)26)23(30)15-29(34(5,32)33)21-8-6-7-17(3)11-21/h6-12,16,18H,13-15H2,1-5H3,(H,27,31)/t18-/m1/s1. The van der Waals surface area contributed by atoms with Gasteiger partial charge in [0.05, 0.1) is 11.9 Å². The largest absolute Gasteiger partial charge is 0.354 e. The number of amides is 2. The van der Waals surface area contributed by atoms with Crippen molar-refractivity contribution >= 4 is 50.7 Å². The van der Waals surface area contributed by atoms with Crippen molar-refractivity contribution < 1.29 is 18.0 Å². The zero-order chi connectivity index (χ0) is 25.6. The number of rotatable bonds is 10. The van der Waals surface area contributed by atoms with Gasteiger partial charge in [0, 0.05) is 23.1 Å². The molecule has 0 saturated carbocycles. The lowest BCUT2D eigenvalue weighted by molar-refractivity contribution is -0.139. The van der Waals surface area contributed by atoms with E-state index in [-0.39, 0.29) is 18.4 Å². The van der Waals surface area contributed by atoms with Gasteiger partial charge in [0.25, 0.3) is 0 Å². The van der Waals surface area contributed by atoms with Gasteiger partial charge in [-0.15, -0.1) is 0 Å². The van der Waals surface area contributed by atoms with Crippen molar-refractivity contribution in [2.24, 2.45) is 5.92 Å². The highest BCUT2D eigenvalue weighted by molar-refractivity contribution is 7.92. The maximum atomic E-state index is 13.5. The van der Waals surface area contributed by atoms with Crippen LogP contribution in [0.1, 0.15) is 31.9 Å². The van der Waals surface area contributed by atoms with Gasteiger partial charge >= 0.3 is 0 Å². The lowest BCUT2D eigenvalue weighted by Crippen LogP contribution is -2.51. The van der Waals surface area contributed by atoms with E-state index in [0.717, 1.165) is 16.1 Å². The number of carbonyl (C=O) groups is 2. The molecule has 0 radical (unpaired) electrons. The average Bonchev–Trinajstić information content (AvgIpc) is 2.73. The number of halogens is 2. The van der Waals surface area contributed by atoms with Crippen molar-refractivity contribution in [1.82, 2.24) is 10.2 Å². The maximum Gasteiger partial charge on any atom is 0.244 e. The van der Waals surface area contributed by atoms with Crippen LogP contribution in [0.3, 0.4) is 0 Å². The normalized spacial score (nSPS) is 12.4. The number of benzene rings is 2. The predicted molar refractivity (Wildman–Crippen MR) is 138 cm³/mol. The Morgan fingerprint density at radius 3 is 2.29 bits per heavy atom. The Bertz CT molecular complexity index is 1140. The molecule has 0 aromatic heterocycles. The molecule has 0 aliphatic rings. The van der Waals surface area contributed by atoms with Crippen LogP contribution in [0.2, 0.25) is 10.0 Å². The molecule has 2 aromatic rings. The quantitative estimate of drug-likeness (QED) is 0.500. The third-order valence-corrected chi connectivity index (χ3v) is 6.90. The molecule has 7 nitrogen and oxygen atoms in total. The highest BCUT2D eigenvalue weighted by atomic mass is 35.5. The van der Waals surface area contributed by atoms with Gasteiger partial charge in [-0.1, -0.05) is 55.2 Å². The number of nitrogens with one attached hydrogen (secondary N) is 1. The molecule has 0 spiro atoms. The molecule has 2 aromatic carbocycles. The van der Waals surface area contributed by atoms with Gasteiger partial charge in [0.1, 0.15) is 12.6 Å². The van der Waals surface area contributed by atoms with Gasteiger partial charge in [-0.25, -0.2) is 8.42 Å². The van der Waals surface area contributed by atoms with Gasteiger partial charge in [-0.05, 0) is 55.2 Å². The predicted octanol–water partition coefficient (Wildman–Crippen LogP) is 4.26. The monoisotopic (exact) mass is 527 g/mol. The topological polar surface area (TPSA) is 86.8 Å². The number of hydrogen-bond donors (Lipinski definition) is 1. The second-order valence-corrected chi connectivity index (χ2v) is 11.4. The third kappa shape index (κ3) is 7.89. The van der Waals surface area contributed by atoms with Crippen LogP contribution in [0.5, 0.6) is 0 Å². The maximum absolute atomic E-state index is 13.5. The van der Waals surface area contributed by atoms with E-state index >= 15 is 0 Å². The second kappa shape index (κ2) is 11.9. The van der Waals surface area contributed by atoms with Gasteiger partial charge in [0.15, 0.2) is 0 Å². The van der Waals surface area contributed by atoms with Crippen LogP contribution in [0.15, 0.2) is 42.5 Å². The zero-order valence-corrected chi connectivity index (χ0v) is 22.3. The summed E-state index contributed by atoms with van der Waals surface area (Å²) in [6.45, 7) is 7.37. The molecular weight excluding hydrogens is 497 g/mol. The summed E-state index contributed by atoms with van der Waals surface area (Å²) in [5, 5.41) is 3.62. The van der Waals surface area contributed by atoms with E-state index in [1.807, 2.05) is 26.8 Å².